The summed E-state index contributed by atoms with van der Waals surface area (Å²) in [6, 6.07) is 7.39. The summed E-state index contributed by atoms with van der Waals surface area (Å²) in [7, 11) is 1.60. The number of benzene rings is 1. The first kappa shape index (κ1) is 16.5. The zero-order valence-corrected chi connectivity index (χ0v) is 13.4. The van der Waals surface area contributed by atoms with Gasteiger partial charge in [-0.05, 0) is 19.1 Å². The van der Waals surface area contributed by atoms with Crippen LogP contribution in [0, 0.1) is 0 Å². The molecule has 22 heavy (non-hydrogen) atoms. The molecule has 2 aromatic rings. The zero-order chi connectivity index (χ0) is 15.9. The summed E-state index contributed by atoms with van der Waals surface area (Å²) in [5.41, 5.74) is 0.793. The topological polar surface area (TPSA) is 64.4 Å². The van der Waals surface area contributed by atoms with Crippen LogP contribution in [0.5, 0.6) is 0 Å². The smallest absolute Gasteiger partial charge is 0.220 e. The predicted molar refractivity (Wildman–Crippen MR) is 84.8 cm³/mol. The maximum Gasteiger partial charge on any atom is 0.220 e. The fourth-order valence-electron chi connectivity index (χ4n) is 2.07. The maximum absolute atomic E-state index is 11.8. The molecule has 0 spiro atoms. The van der Waals surface area contributed by atoms with Crippen LogP contribution in [-0.2, 0) is 16.0 Å². The normalized spacial score (nSPS) is 12.1. The molecule has 1 amide bonds. The van der Waals surface area contributed by atoms with Crippen molar-refractivity contribution in [2.75, 3.05) is 13.7 Å². The SMILES string of the molecule is COCC(C)NC(=O)CCc1ncc(-c2ccccc2Cl)o1. The monoisotopic (exact) mass is 322 g/mol. The Hall–Kier alpha value is -1.85. The fraction of sp³-hybridized carbons (Fsp3) is 0.375. The van der Waals surface area contributed by atoms with E-state index in [2.05, 4.69) is 10.3 Å². The van der Waals surface area contributed by atoms with Gasteiger partial charge in [-0.25, -0.2) is 4.98 Å². The molecule has 1 atom stereocenters. The average molecular weight is 323 g/mol. The lowest BCUT2D eigenvalue weighted by Crippen LogP contribution is -2.35. The van der Waals surface area contributed by atoms with Gasteiger partial charge in [-0.1, -0.05) is 23.7 Å². The number of carbonyl (C=O) groups is 1. The minimum absolute atomic E-state index is 0.0132. The second-order valence-electron chi connectivity index (χ2n) is 5.02. The van der Waals surface area contributed by atoms with Crippen LogP contribution >= 0.6 is 11.6 Å². The fourth-order valence-corrected chi connectivity index (χ4v) is 2.30. The van der Waals surface area contributed by atoms with Crippen molar-refractivity contribution in [3.63, 3.8) is 0 Å². The van der Waals surface area contributed by atoms with E-state index in [1.165, 1.54) is 0 Å². The molecule has 0 bridgehead atoms. The van der Waals surface area contributed by atoms with Gasteiger partial charge in [-0.2, -0.15) is 0 Å². The predicted octanol–water partition coefficient (Wildman–Crippen LogP) is 3.08. The number of rotatable bonds is 7. The Kier molecular flexibility index (Phi) is 5.98. The zero-order valence-electron chi connectivity index (χ0n) is 12.6. The number of aromatic nitrogens is 1. The van der Waals surface area contributed by atoms with Gasteiger partial charge in [0.1, 0.15) is 0 Å². The van der Waals surface area contributed by atoms with Crippen LogP contribution < -0.4 is 5.32 Å². The van der Waals surface area contributed by atoms with Crippen molar-refractivity contribution in [3.8, 4) is 11.3 Å². The van der Waals surface area contributed by atoms with Crippen molar-refractivity contribution in [1.29, 1.82) is 0 Å². The summed E-state index contributed by atoms with van der Waals surface area (Å²) in [6.45, 7) is 2.38. The number of oxazole rings is 1. The molecule has 5 nitrogen and oxygen atoms in total. The highest BCUT2D eigenvalue weighted by Gasteiger charge is 2.12. The molecule has 1 heterocycles. The van der Waals surface area contributed by atoms with E-state index in [0.29, 0.717) is 36.1 Å². The molecular formula is C16H19ClN2O3. The highest BCUT2D eigenvalue weighted by Crippen LogP contribution is 2.28. The van der Waals surface area contributed by atoms with Gasteiger partial charge < -0.3 is 14.5 Å². The van der Waals surface area contributed by atoms with Gasteiger partial charge in [0.05, 0.1) is 17.8 Å². The molecule has 0 saturated carbocycles. The van der Waals surface area contributed by atoms with Gasteiger partial charge in [0, 0.05) is 31.6 Å². The Labute approximate surface area is 134 Å². The molecule has 0 aliphatic heterocycles. The number of aryl methyl sites for hydroxylation is 1. The van der Waals surface area contributed by atoms with Crippen LogP contribution in [-0.4, -0.2) is 30.6 Å². The molecule has 0 fully saturated rings. The summed E-state index contributed by atoms with van der Waals surface area (Å²) >= 11 is 6.12. The molecule has 0 saturated heterocycles. The summed E-state index contributed by atoms with van der Waals surface area (Å²) < 4.78 is 10.6. The first-order valence-corrected chi connectivity index (χ1v) is 7.46. The third-order valence-corrected chi connectivity index (χ3v) is 3.41. The van der Waals surface area contributed by atoms with Gasteiger partial charge in [-0.3, -0.25) is 4.79 Å². The summed E-state index contributed by atoms with van der Waals surface area (Å²) in [4.78, 5) is 16.0. The van der Waals surface area contributed by atoms with Crippen LogP contribution in [0.25, 0.3) is 11.3 Å². The lowest BCUT2D eigenvalue weighted by atomic mass is 10.2. The van der Waals surface area contributed by atoms with Crippen LogP contribution in [0.4, 0.5) is 0 Å². The van der Waals surface area contributed by atoms with E-state index in [4.69, 9.17) is 20.8 Å². The average Bonchev–Trinajstić information content (AvgIpc) is 2.94. The molecule has 1 aromatic heterocycles. The molecular weight excluding hydrogens is 304 g/mol. The van der Waals surface area contributed by atoms with Crippen molar-refractivity contribution in [3.05, 3.63) is 41.4 Å². The third-order valence-electron chi connectivity index (χ3n) is 3.08. The number of nitrogens with zero attached hydrogens (tertiary/aromatic N) is 1. The number of ether oxygens (including phenoxy) is 1. The first-order chi connectivity index (χ1) is 10.6. The molecule has 1 unspecified atom stereocenters. The Morgan fingerprint density at radius 3 is 2.95 bits per heavy atom. The number of hydrogen-bond donors (Lipinski definition) is 1. The second-order valence-corrected chi connectivity index (χ2v) is 5.43. The molecule has 0 aliphatic carbocycles. The molecule has 0 radical (unpaired) electrons. The number of methoxy groups -OCH3 is 1. The maximum atomic E-state index is 11.8. The molecule has 2 rings (SSSR count). The standard InChI is InChI=1S/C16H19ClN2O3/c1-11(10-21-2)19-15(20)7-8-16-18-9-14(22-16)12-5-3-4-6-13(12)17/h3-6,9,11H,7-8,10H2,1-2H3,(H,19,20). The van der Waals surface area contributed by atoms with Crippen molar-refractivity contribution < 1.29 is 13.9 Å². The van der Waals surface area contributed by atoms with Crippen molar-refractivity contribution >= 4 is 17.5 Å². The van der Waals surface area contributed by atoms with Crippen LogP contribution in [0.2, 0.25) is 5.02 Å². The Bertz CT molecular complexity index is 627. The molecule has 0 aliphatic rings. The van der Waals surface area contributed by atoms with Crippen molar-refractivity contribution in [2.24, 2.45) is 0 Å². The second kappa shape index (κ2) is 7.96. The highest BCUT2D eigenvalue weighted by molar-refractivity contribution is 6.33. The third kappa shape index (κ3) is 4.58. The number of nitrogens with one attached hydrogen (secondary N) is 1. The Morgan fingerprint density at radius 2 is 2.23 bits per heavy atom. The van der Waals surface area contributed by atoms with E-state index in [9.17, 15) is 4.79 Å². The van der Waals surface area contributed by atoms with Crippen LogP contribution in [0.3, 0.4) is 0 Å². The van der Waals surface area contributed by atoms with E-state index in [1.54, 1.807) is 19.4 Å². The number of amides is 1. The first-order valence-electron chi connectivity index (χ1n) is 7.08. The summed E-state index contributed by atoms with van der Waals surface area (Å²) in [5, 5.41) is 3.45. The van der Waals surface area contributed by atoms with Gasteiger partial charge in [0.25, 0.3) is 0 Å². The van der Waals surface area contributed by atoms with E-state index < -0.39 is 0 Å². The number of hydrogen-bond acceptors (Lipinski definition) is 4. The minimum Gasteiger partial charge on any atom is -0.441 e. The quantitative estimate of drug-likeness (QED) is 0.850. The van der Waals surface area contributed by atoms with E-state index in [1.807, 2.05) is 25.1 Å². The Balaban J connectivity index is 1.90. The van der Waals surface area contributed by atoms with Gasteiger partial charge in [0.15, 0.2) is 11.7 Å². The molecule has 118 valence electrons. The van der Waals surface area contributed by atoms with Crippen LogP contribution in [0.15, 0.2) is 34.9 Å². The van der Waals surface area contributed by atoms with Gasteiger partial charge >= 0.3 is 0 Å². The van der Waals surface area contributed by atoms with Gasteiger partial charge in [-0.15, -0.1) is 0 Å². The number of halogens is 1. The molecule has 1 aromatic carbocycles. The van der Waals surface area contributed by atoms with Crippen molar-refractivity contribution in [2.45, 2.75) is 25.8 Å². The van der Waals surface area contributed by atoms with Gasteiger partial charge in [0.2, 0.25) is 5.91 Å². The van der Waals surface area contributed by atoms with Crippen LogP contribution in [0.1, 0.15) is 19.2 Å². The van der Waals surface area contributed by atoms with E-state index in [0.717, 1.165) is 5.56 Å². The van der Waals surface area contributed by atoms with E-state index >= 15 is 0 Å². The van der Waals surface area contributed by atoms with E-state index in [-0.39, 0.29) is 11.9 Å². The lowest BCUT2D eigenvalue weighted by Gasteiger charge is -2.11. The van der Waals surface area contributed by atoms with Crippen molar-refractivity contribution in [1.82, 2.24) is 10.3 Å². The lowest BCUT2D eigenvalue weighted by molar-refractivity contribution is -0.122. The molecule has 1 N–H and O–H groups in total. The number of carbonyl (C=O) groups excluding carboxylic acids is 1. The summed E-state index contributed by atoms with van der Waals surface area (Å²) in [6.07, 6.45) is 2.38. The largest absolute Gasteiger partial charge is 0.441 e. The molecule has 6 heteroatoms. The Morgan fingerprint density at radius 1 is 1.45 bits per heavy atom. The highest BCUT2D eigenvalue weighted by atomic mass is 35.5. The summed E-state index contributed by atoms with van der Waals surface area (Å²) in [5.74, 6) is 1.07. The minimum atomic E-state index is -0.0537.